The van der Waals surface area contributed by atoms with E-state index in [0.29, 0.717) is 11.1 Å². The van der Waals surface area contributed by atoms with Gasteiger partial charge in [0.1, 0.15) is 0 Å². The van der Waals surface area contributed by atoms with Crippen LogP contribution < -0.4 is 10.6 Å². The molecule has 0 saturated heterocycles. The van der Waals surface area contributed by atoms with Gasteiger partial charge >= 0.3 is 0 Å². The number of benzene rings is 3. The lowest BCUT2D eigenvalue weighted by molar-refractivity contribution is -0.119. The van der Waals surface area contributed by atoms with Crippen LogP contribution in [0.4, 0.5) is 0 Å². The zero-order chi connectivity index (χ0) is 22.5. The molecule has 0 aromatic heterocycles. The zero-order valence-electron chi connectivity index (χ0n) is 17.2. The van der Waals surface area contributed by atoms with E-state index < -0.39 is 0 Å². The van der Waals surface area contributed by atoms with Crippen LogP contribution in [0.2, 0.25) is 0 Å². The van der Waals surface area contributed by atoms with Crippen LogP contribution in [0.3, 0.4) is 0 Å². The quantitative estimate of drug-likeness (QED) is 0.451. The first-order valence-electron chi connectivity index (χ1n) is 10.2. The summed E-state index contributed by atoms with van der Waals surface area (Å²) < 4.78 is 0. The van der Waals surface area contributed by atoms with Crippen LogP contribution in [-0.2, 0) is 4.79 Å². The van der Waals surface area contributed by atoms with Crippen molar-refractivity contribution < 1.29 is 14.4 Å². The third-order valence-corrected chi connectivity index (χ3v) is 5.45. The summed E-state index contributed by atoms with van der Waals surface area (Å²) in [5.41, 5.74) is 2.73. The maximum atomic E-state index is 12.5. The van der Waals surface area contributed by atoms with Gasteiger partial charge in [0.15, 0.2) is 5.11 Å². The fourth-order valence-electron chi connectivity index (χ4n) is 3.66. The molecule has 32 heavy (non-hydrogen) atoms. The van der Waals surface area contributed by atoms with Gasteiger partial charge in [0, 0.05) is 13.0 Å². The van der Waals surface area contributed by atoms with Crippen LogP contribution in [0.15, 0.2) is 84.9 Å². The van der Waals surface area contributed by atoms with E-state index in [1.807, 2.05) is 60.7 Å². The number of nitrogens with one attached hydrogen (secondary N) is 2. The topological polar surface area (TPSA) is 78.5 Å². The molecule has 0 fully saturated rings. The van der Waals surface area contributed by atoms with Crippen molar-refractivity contribution in [3.05, 3.63) is 107 Å². The van der Waals surface area contributed by atoms with Gasteiger partial charge < -0.3 is 10.6 Å². The molecule has 0 bridgehead atoms. The highest BCUT2D eigenvalue weighted by Crippen LogP contribution is 2.23. The average molecular weight is 444 g/mol. The van der Waals surface area contributed by atoms with Crippen LogP contribution in [0.5, 0.6) is 0 Å². The summed E-state index contributed by atoms with van der Waals surface area (Å²) in [4.78, 5) is 38.4. The van der Waals surface area contributed by atoms with Gasteiger partial charge in [0.05, 0.1) is 17.2 Å². The molecule has 0 aliphatic carbocycles. The number of hydrogen-bond donors (Lipinski definition) is 2. The number of amides is 3. The standard InChI is InChI=1S/C25H21N3O3S/c29-21(15-16-28-23(30)19-13-7-8-14-20(19)24(28)31)26-25(32)27-22(17-9-3-1-4-10-17)18-11-5-2-6-12-18/h1-14,22H,15-16H2,(H2,26,27,29,32). The van der Waals surface area contributed by atoms with Crippen LogP contribution in [0.1, 0.15) is 44.3 Å². The van der Waals surface area contributed by atoms with E-state index in [4.69, 9.17) is 12.2 Å². The summed E-state index contributed by atoms with van der Waals surface area (Å²) in [6.07, 6.45) is -0.0470. The van der Waals surface area contributed by atoms with E-state index in [1.54, 1.807) is 24.3 Å². The number of imide groups is 1. The molecule has 0 radical (unpaired) electrons. The Labute approximate surface area is 191 Å². The number of hydrogen-bond acceptors (Lipinski definition) is 4. The minimum atomic E-state index is -0.382. The lowest BCUT2D eigenvalue weighted by Crippen LogP contribution is -2.42. The minimum Gasteiger partial charge on any atom is -0.351 e. The normalized spacial score (nSPS) is 12.6. The van der Waals surface area contributed by atoms with Crippen molar-refractivity contribution in [3.63, 3.8) is 0 Å². The Morgan fingerprint density at radius 3 is 1.75 bits per heavy atom. The summed E-state index contributed by atoms with van der Waals surface area (Å²) >= 11 is 5.37. The molecule has 0 spiro atoms. The van der Waals surface area contributed by atoms with Crippen LogP contribution in [0, 0.1) is 0 Å². The van der Waals surface area contributed by atoms with E-state index in [2.05, 4.69) is 10.6 Å². The van der Waals surface area contributed by atoms with Gasteiger partial charge in [-0.1, -0.05) is 72.8 Å². The van der Waals surface area contributed by atoms with E-state index in [9.17, 15) is 14.4 Å². The molecule has 160 valence electrons. The Kier molecular flexibility index (Phi) is 6.37. The first-order chi connectivity index (χ1) is 15.5. The highest BCUT2D eigenvalue weighted by Gasteiger charge is 2.35. The van der Waals surface area contributed by atoms with Crippen molar-refractivity contribution in [1.82, 2.24) is 15.5 Å². The van der Waals surface area contributed by atoms with Crippen molar-refractivity contribution in [2.24, 2.45) is 0 Å². The molecule has 1 heterocycles. The monoisotopic (exact) mass is 443 g/mol. The Morgan fingerprint density at radius 1 is 0.781 bits per heavy atom. The molecule has 1 aliphatic rings. The fraction of sp³-hybridized carbons (Fsp3) is 0.120. The lowest BCUT2D eigenvalue weighted by atomic mass is 9.99. The Hall–Kier alpha value is -3.84. The molecular weight excluding hydrogens is 422 g/mol. The highest BCUT2D eigenvalue weighted by atomic mass is 32.1. The number of nitrogens with zero attached hydrogens (tertiary/aromatic N) is 1. The fourth-order valence-corrected chi connectivity index (χ4v) is 3.89. The van der Waals surface area contributed by atoms with Gasteiger partial charge in [0.2, 0.25) is 5.91 Å². The summed E-state index contributed by atoms with van der Waals surface area (Å²) in [6.45, 7) is -0.0123. The molecule has 3 aromatic rings. The molecule has 0 unspecified atom stereocenters. The first-order valence-corrected chi connectivity index (χ1v) is 10.6. The number of rotatable bonds is 6. The third kappa shape index (κ3) is 4.58. The van der Waals surface area contributed by atoms with Gasteiger partial charge in [-0.05, 0) is 35.5 Å². The first kappa shape index (κ1) is 21.4. The van der Waals surface area contributed by atoms with E-state index >= 15 is 0 Å². The zero-order valence-corrected chi connectivity index (χ0v) is 18.0. The van der Waals surface area contributed by atoms with Gasteiger partial charge in [-0.15, -0.1) is 0 Å². The Bertz CT molecular complexity index is 1090. The lowest BCUT2D eigenvalue weighted by Gasteiger charge is -2.22. The summed E-state index contributed by atoms with van der Waals surface area (Å²) in [6, 6.07) is 26.0. The molecule has 3 amide bonds. The van der Waals surface area contributed by atoms with Gasteiger partial charge in [-0.25, -0.2) is 0 Å². The molecule has 0 atom stereocenters. The molecule has 2 N–H and O–H groups in total. The number of fused-ring (bicyclic) bond motifs is 1. The van der Waals surface area contributed by atoms with Crippen molar-refractivity contribution in [3.8, 4) is 0 Å². The minimum absolute atomic E-state index is 0.0123. The molecule has 3 aromatic carbocycles. The van der Waals surface area contributed by atoms with Gasteiger partial charge in [-0.2, -0.15) is 0 Å². The van der Waals surface area contributed by atoms with Crippen LogP contribution >= 0.6 is 12.2 Å². The molecule has 1 aliphatic heterocycles. The predicted octanol–water partition coefficient (Wildman–Crippen LogP) is 3.45. The van der Waals surface area contributed by atoms with Crippen molar-refractivity contribution >= 4 is 35.1 Å². The molecule has 6 nitrogen and oxygen atoms in total. The van der Waals surface area contributed by atoms with E-state index in [0.717, 1.165) is 16.0 Å². The maximum absolute atomic E-state index is 12.5. The Balaban J connectivity index is 1.37. The average Bonchev–Trinajstić information content (AvgIpc) is 3.07. The molecule has 4 rings (SSSR count). The van der Waals surface area contributed by atoms with E-state index in [-0.39, 0.29) is 41.8 Å². The summed E-state index contributed by atoms with van der Waals surface area (Å²) in [7, 11) is 0. The van der Waals surface area contributed by atoms with Gasteiger partial charge in [0.25, 0.3) is 11.8 Å². The highest BCUT2D eigenvalue weighted by molar-refractivity contribution is 7.80. The van der Waals surface area contributed by atoms with Crippen molar-refractivity contribution in [2.45, 2.75) is 12.5 Å². The second kappa shape index (κ2) is 9.53. The summed E-state index contributed by atoms with van der Waals surface area (Å²) in [5.74, 6) is -1.14. The van der Waals surface area contributed by atoms with Crippen LogP contribution in [0.25, 0.3) is 0 Å². The largest absolute Gasteiger partial charge is 0.351 e. The van der Waals surface area contributed by atoms with Crippen molar-refractivity contribution in [1.29, 1.82) is 0 Å². The SMILES string of the molecule is O=C(CCN1C(=O)c2ccccc2C1=O)NC(=S)NC(c1ccccc1)c1ccccc1. The molecular formula is C25H21N3O3S. The van der Waals surface area contributed by atoms with Gasteiger partial charge in [-0.3, -0.25) is 19.3 Å². The predicted molar refractivity (Wildman–Crippen MR) is 125 cm³/mol. The molecule has 7 heteroatoms. The molecule has 0 saturated carbocycles. The number of thiocarbonyl (C=S) groups is 1. The van der Waals surface area contributed by atoms with Crippen LogP contribution in [-0.4, -0.2) is 34.3 Å². The van der Waals surface area contributed by atoms with E-state index in [1.165, 1.54) is 0 Å². The Morgan fingerprint density at radius 2 is 1.25 bits per heavy atom. The number of carbonyl (C=O) groups excluding carboxylic acids is 3. The maximum Gasteiger partial charge on any atom is 0.261 e. The third-order valence-electron chi connectivity index (χ3n) is 5.23. The smallest absolute Gasteiger partial charge is 0.261 e. The second-order valence-electron chi connectivity index (χ2n) is 7.33. The summed E-state index contributed by atoms with van der Waals surface area (Å²) in [5, 5.41) is 6.02. The second-order valence-corrected chi connectivity index (χ2v) is 7.74. The number of carbonyl (C=O) groups is 3. The van der Waals surface area contributed by atoms with Crippen molar-refractivity contribution in [2.75, 3.05) is 6.54 Å².